The molecule has 0 N–H and O–H groups in total. The van der Waals surface area contributed by atoms with Crippen LogP contribution in [0, 0.1) is 0 Å². The van der Waals surface area contributed by atoms with Crippen molar-refractivity contribution in [3.05, 3.63) is 29.3 Å². The van der Waals surface area contributed by atoms with Crippen LogP contribution < -0.4 is 4.74 Å². The van der Waals surface area contributed by atoms with Crippen LogP contribution in [0.4, 0.5) is 0 Å². The van der Waals surface area contributed by atoms with E-state index in [1.165, 1.54) is 36.8 Å². The largest absolute Gasteiger partial charge is 0.488 e. The van der Waals surface area contributed by atoms with Crippen LogP contribution in [-0.4, -0.2) is 24.2 Å². The Hall–Kier alpha value is -0.730. The SMILES string of the molecule is CCOC1C(Cl)CC1Oc1ccc2c(c1)CCCC2. The lowest BCUT2D eigenvalue weighted by Crippen LogP contribution is -2.52. The van der Waals surface area contributed by atoms with Crippen molar-refractivity contribution in [1.29, 1.82) is 0 Å². The van der Waals surface area contributed by atoms with Gasteiger partial charge in [-0.1, -0.05) is 6.07 Å². The Labute approximate surface area is 120 Å². The van der Waals surface area contributed by atoms with E-state index in [0.29, 0.717) is 6.61 Å². The molecule has 0 aliphatic heterocycles. The normalized spacial score (nSPS) is 29.5. The molecule has 0 saturated heterocycles. The molecule has 1 aromatic rings. The van der Waals surface area contributed by atoms with E-state index in [4.69, 9.17) is 21.1 Å². The highest BCUT2D eigenvalue weighted by molar-refractivity contribution is 6.21. The predicted octanol–water partition coefficient (Wildman–Crippen LogP) is 3.73. The molecule has 0 aromatic heterocycles. The maximum absolute atomic E-state index is 6.17. The summed E-state index contributed by atoms with van der Waals surface area (Å²) in [6.45, 7) is 2.69. The van der Waals surface area contributed by atoms with Crippen LogP contribution in [-0.2, 0) is 17.6 Å². The molecule has 3 atom stereocenters. The number of benzene rings is 1. The van der Waals surface area contributed by atoms with Crippen molar-refractivity contribution in [1.82, 2.24) is 0 Å². The van der Waals surface area contributed by atoms with Crippen LogP contribution in [0.15, 0.2) is 18.2 Å². The Morgan fingerprint density at radius 3 is 2.74 bits per heavy atom. The molecule has 2 aliphatic rings. The second-order valence-corrected chi connectivity index (χ2v) is 6.03. The molecule has 104 valence electrons. The summed E-state index contributed by atoms with van der Waals surface area (Å²) in [4.78, 5) is 0. The molecule has 0 radical (unpaired) electrons. The van der Waals surface area contributed by atoms with Gasteiger partial charge in [0.05, 0.1) is 5.38 Å². The summed E-state index contributed by atoms with van der Waals surface area (Å²) in [7, 11) is 0. The maximum atomic E-state index is 6.17. The lowest BCUT2D eigenvalue weighted by molar-refractivity contribution is -0.0759. The third-order valence-electron chi connectivity index (χ3n) is 4.15. The first-order valence-electron chi connectivity index (χ1n) is 7.32. The first-order valence-corrected chi connectivity index (χ1v) is 7.75. The molecule has 0 spiro atoms. The Kier molecular flexibility index (Phi) is 3.99. The molecular weight excluding hydrogens is 260 g/mol. The average molecular weight is 281 g/mol. The van der Waals surface area contributed by atoms with E-state index in [1.54, 1.807) is 0 Å². The molecule has 1 aromatic carbocycles. The molecule has 3 rings (SSSR count). The fraction of sp³-hybridized carbons (Fsp3) is 0.625. The molecule has 0 heterocycles. The van der Waals surface area contributed by atoms with Crippen LogP contribution in [0.1, 0.15) is 37.3 Å². The van der Waals surface area contributed by atoms with Crippen molar-refractivity contribution in [2.75, 3.05) is 6.61 Å². The fourth-order valence-corrected chi connectivity index (χ4v) is 3.42. The number of halogens is 1. The van der Waals surface area contributed by atoms with Gasteiger partial charge in [0, 0.05) is 13.0 Å². The highest BCUT2D eigenvalue weighted by Crippen LogP contribution is 2.34. The fourth-order valence-electron chi connectivity index (χ4n) is 3.00. The third-order valence-corrected chi connectivity index (χ3v) is 4.57. The Morgan fingerprint density at radius 1 is 1.21 bits per heavy atom. The number of aryl methyl sites for hydroxylation is 2. The Balaban J connectivity index is 1.67. The van der Waals surface area contributed by atoms with E-state index < -0.39 is 0 Å². The highest BCUT2D eigenvalue weighted by Gasteiger charge is 2.42. The lowest BCUT2D eigenvalue weighted by Gasteiger charge is -2.40. The molecule has 0 amide bonds. The molecule has 19 heavy (non-hydrogen) atoms. The number of ether oxygens (including phenoxy) is 2. The zero-order chi connectivity index (χ0) is 13.2. The van der Waals surface area contributed by atoms with E-state index in [2.05, 4.69) is 18.2 Å². The summed E-state index contributed by atoms with van der Waals surface area (Å²) in [5.41, 5.74) is 2.95. The van der Waals surface area contributed by atoms with Gasteiger partial charge in [-0.15, -0.1) is 11.6 Å². The zero-order valence-electron chi connectivity index (χ0n) is 11.4. The van der Waals surface area contributed by atoms with Gasteiger partial charge in [-0.2, -0.15) is 0 Å². The van der Waals surface area contributed by atoms with Crippen molar-refractivity contribution in [2.45, 2.75) is 56.6 Å². The summed E-state index contributed by atoms with van der Waals surface area (Å²) >= 11 is 6.17. The molecule has 0 bridgehead atoms. The summed E-state index contributed by atoms with van der Waals surface area (Å²) in [5, 5.41) is 0.0996. The van der Waals surface area contributed by atoms with Crippen LogP contribution in [0.5, 0.6) is 5.75 Å². The predicted molar refractivity (Wildman–Crippen MR) is 77.2 cm³/mol. The third kappa shape index (κ3) is 2.75. The molecular formula is C16H21ClO2. The average Bonchev–Trinajstić information content (AvgIpc) is 2.44. The van der Waals surface area contributed by atoms with Crippen molar-refractivity contribution >= 4 is 11.6 Å². The lowest BCUT2D eigenvalue weighted by atomic mass is 9.90. The van der Waals surface area contributed by atoms with Gasteiger partial charge >= 0.3 is 0 Å². The van der Waals surface area contributed by atoms with Gasteiger partial charge in [0.1, 0.15) is 18.0 Å². The number of alkyl halides is 1. The van der Waals surface area contributed by atoms with Gasteiger partial charge in [-0.05, 0) is 55.9 Å². The topological polar surface area (TPSA) is 18.5 Å². The van der Waals surface area contributed by atoms with Gasteiger partial charge in [-0.3, -0.25) is 0 Å². The summed E-state index contributed by atoms with van der Waals surface area (Å²) in [5.74, 6) is 0.971. The Morgan fingerprint density at radius 2 is 2.00 bits per heavy atom. The quantitative estimate of drug-likeness (QED) is 0.783. The summed E-state index contributed by atoms with van der Waals surface area (Å²) < 4.78 is 11.7. The highest BCUT2D eigenvalue weighted by atomic mass is 35.5. The van der Waals surface area contributed by atoms with Gasteiger partial charge in [0.15, 0.2) is 0 Å². The molecule has 3 heteroatoms. The number of hydrogen-bond acceptors (Lipinski definition) is 2. The molecule has 1 saturated carbocycles. The maximum Gasteiger partial charge on any atom is 0.128 e. The second-order valence-electron chi connectivity index (χ2n) is 5.47. The van der Waals surface area contributed by atoms with E-state index in [9.17, 15) is 0 Å². The number of fused-ring (bicyclic) bond motifs is 1. The molecule has 2 nitrogen and oxygen atoms in total. The van der Waals surface area contributed by atoms with E-state index in [1.807, 2.05) is 6.92 Å². The summed E-state index contributed by atoms with van der Waals surface area (Å²) in [6.07, 6.45) is 6.05. The van der Waals surface area contributed by atoms with Gasteiger partial charge < -0.3 is 9.47 Å². The molecule has 2 aliphatic carbocycles. The van der Waals surface area contributed by atoms with Crippen molar-refractivity contribution in [3.8, 4) is 5.75 Å². The monoisotopic (exact) mass is 280 g/mol. The standard InChI is InChI=1S/C16H21ClO2/c1-2-18-16-14(17)10-15(16)19-13-8-7-11-5-3-4-6-12(11)9-13/h7-9,14-16H,2-6,10H2,1H3. The van der Waals surface area contributed by atoms with Crippen molar-refractivity contribution < 1.29 is 9.47 Å². The summed E-state index contributed by atoms with van der Waals surface area (Å²) in [6, 6.07) is 6.52. The zero-order valence-corrected chi connectivity index (χ0v) is 12.2. The molecule has 3 unspecified atom stereocenters. The van der Waals surface area contributed by atoms with Crippen LogP contribution in [0.25, 0.3) is 0 Å². The number of hydrogen-bond donors (Lipinski definition) is 0. The minimum absolute atomic E-state index is 0.0442. The van der Waals surface area contributed by atoms with Gasteiger partial charge in [-0.25, -0.2) is 0 Å². The van der Waals surface area contributed by atoms with E-state index >= 15 is 0 Å². The van der Waals surface area contributed by atoms with Crippen LogP contribution in [0.3, 0.4) is 0 Å². The van der Waals surface area contributed by atoms with Gasteiger partial charge in [0.2, 0.25) is 0 Å². The van der Waals surface area contributed by atoms with E-state index in [0.717, 1.165) is 12.2 Å². The molecule has 1 fully saturated rings. The van der Waals surface area contributed by atoms with Crippen molar-refractivity contribution in [2.24, 2.45) is 0 Å². The number of rotatable bonds is 4. The van der Waals surface area contributed by atoms with E-state index in [-0.39, 0.29) is 17.6 Å². The smallest absolute Gasteiger partial charge is 0.128 e. The van der Waals surface area contributed by atoms with Gasteiger partial charge in [0.25, 0.3) is 0 Å². The first-order chi connectivity index (χ1) is 9.28. The minimum atomic E-state index is 0.0442. The van der Waals surface area contributed by atoms with Crippen LogP contribution >= 0.6 is 11.6 Å². The second kappa shape index (κ2) is 5.72. The van der Waals surface area contributed by atoms with Crippen LogP contribution in [0.2, 0.25) is 0 Å². The Bertz CT molecular complexity index is 446. The first kappa shape index (κ1) is 13.3. The van der Waals surface area contributed by atoms with Crippen molar-refractivity contribution in [3.63, 3.8) is 0 Å². The minimum Gasteiger partial charge on any atom is -0.488 e.